The molecule has 2 N–H and O–H groups in total. The molecule has 1 aliphatic heterocycles. The Morgan fingerprint density at radius 2 is 1.97 bits per heavy atom. The van der Waals surface area contributed by atoms with Crippen molar-refractivity contribution in [3.8, 4) is 0 Å². The third-order valence-corrected chi connectivity index (χ3v) is 5.04. The highest BCUT2D eigenvalue weighted by Crippen LogP contribution is 2.36. The van der Waals surface area contributed by atoms with Gasteiger partial charge in [0.2, 0.25) is 0 Å². The number of ether oxygens (including phenoxy) is 1. The number of Topliss-reactive ketones (excluding diaryl/α,β-unsaturated/α-hetero) is 1. The Bertz CT molecular complexity index is 795. The number of aliphatic carboxylic acids is 1. The van der Waals surface area contributed by atoms with E-state index in [9.17, 15) is 14.4 Å². The van der Waals surface area contributed by atoms with Crippen molar-refractivity contribution in [2.45, 2.75) is 78.5 Å². The number of alkyl carbamates (subject to hydrolysis) is 1. The zero-order valence-corrected chi connectivity index (χ0v) is 20.8. The highest BCUT2D eigenvalue weighted by atomic mass is 35.5. The fourth-order valence-corrected chi connectivity index (χ4v) is 3.66. The van der Waals surface area contributed by atoms with Crippen molar-refractivity contribution in [1.29, 1.82) is 0 Å². The summed E-state index contributed by atoms with van der Waals surface area (Å²) in [6.07, 6.45) is 3.09. The zero-order valence-electron chi connectivity index (χ0n) is 20.1. The van der Waals surface area contributed by atoms with Crippen LogP contribution in [0.5, 0.6) is 0 Å². The molecule has 9 heteroatoms. The van der Waals surface area contributed by atoms with E-state index in [0.29, 0.717) is 5.02 Å². The second-order valence-corrected chi connectivity index (χ2v) is 9.84. The predicted molar refractivity (Wildman–Crippen MR) is 124 cm³/mol. The van der Waals surface area contributed by atoms with Crippen molar-refractivity contribution in [3.05, 3.63) is 28.5 Å². The highest BCUT2D eigenvalue weighted by molar-refractivity contribution is 6.30. The van der Waals surface area contributed by atoms with Crippen LogP contribution >= 0.6 is 11.6 Å². The smallest absolute Gasteiger partial charge is 0.408 e. The lowest BCUT2D eigenvalue weighted by Gasteiger charge is -2.29. The minimum atomic E-state index is -1.06. The zero-order chi connectivity index (χ0) is 24.6. The van der Waals surface area contributed by atoms with Gasteiger partial charge in [0.05, 0.1) is 16.8 Å². The van der Waals surface area contributed by atoms with Gasteiger partial charge in [-0.25, -0.2) is 4.79 Å². The van der Waals surface area contributed by atoms with Crippen molar-refractivity contribution in [2.24, 2.45) is 5.92 Å². The third kappa shape index (κ3) is 9.53. The van der Waals surface area contributed by atoms with E-state index in [1.165, 1.54) is 6.92 Å². The van der Waals surface area contributed by atoms with Crippen LogP contribution in [-0.4, -0.2) is 52.0 Å². The first-order valence-corrected chi connectivity index (χ1v) is 11.2. The largest absolute Gasteiger partial charge is 0.481 e. The summed E-state index contributed by atoms with van der Waals surface area (Å²) < 4.78 is 5.44. The molecule has 0 aromatic carbocycles. The first-order valence-electron chi connectivity index (χ1n) is 10.8. The minimum Gasteiger partial charge on any atom is -0.481 e. The van der Waals surface area contributed by atoms with Crippen LogP contribution in [0.4, 0.5) is 4.79 Å². The number of hydrogen-bond donors (Lipinski definition) is 2. The maximum Gasteiger partial charge on any atom is 0.408 e. The van der Waals surface area contributed by atoms with Gasteiger partial charge in [-0.3, -0.25) is 19.5 Å². The minimum absolute atomic E-state index is 0.173. The molecule has 0 radical (unpaired) electrons. The number of carbonyl (C=O) groups excluding carboxylic acids is 2. The SMILES string of the molecule is CC(=O)CC(=O)O.CC(C)C(NC(=O)OC(C)(C)C)c1ncc(Cl)cc1[C@@H]1CCCN1C. The number of pyridine rings is 1. The van der Waals surface area contributed by atoms with E-state index in [1.807, 2.05) is 26.8 Å². The van der Waals surface area contributed by atoms with Crippen LogP contribution < -0.4 is 5.32 Å². The van der Waals surface area contributed by atoms with Crippen molar-refractivity contribution < 1.29 is 24.2 Å². The molecule has 1 fully saturated rings. The fraction of sp³-hybridized carbons (Fsp3) is 0.652. The summed E-state index contributed by atoms with van der Waals surface area (Å²) in [5, 5.41) is 11.5. The summed E-state index contributed by atoms with van der Waals surface area (Å²) in [6, 6.07) is 2.04. The number of ketones is 1. The molecule has 0 aliphatic carbocycles. The highest BCUT2D eigenvalue weighted by Gasteiger charge is 2.31. The lowest BCUT2D eigenvalue weighted by Crippen LogP contribution is -2.38. The van der Waals surface area contributed by atoms with Crippen LogP contribution in [0.25, 0.3) is 0 Å². The Kier molecular flexibility index (Phi) is 10.6. The van der Waals surface area contributed by atoms with Crippen LogP contribution in [-0.2, 0) is 14.3 Å². The Morgan fingerprint density at radius 3 is 2.38 bits per heavy atom. The van der Waals surface area contributed by atoms with E-state index in [1.54, 1.807) is 6.20 Å². The fourth-order valence-electron chi connectivity index (χ4n) is 3.49. The maximum absolute atomic E-state index is 12.3. The second-order valence-electron chi connectivity index (χ2n) is 9.41. The maximum atomic E-state index is 12.3. The van der Waals surface area contributed by atoms with Crippen LogP contribution in [0.2, 0.25) is 5.02 Å². The predicted octanol–water partition coefficient (Wildman–Crippen LogP) is 4.77. The van der Waals surface area contributed by atoms with Gasteiger partial charge >= 0.3 is 12.1 Å². The number of nitrogens with one attached hydrogen (secondary N) is 1. The molecule has 2 heterocycles. The van der Waals surface area contributed by atoms with Gasteiger partial charge in [0, 0.05) is 12.2 Å². The van der Waals surface area contributed by atoms with E-state index in [-0.39, 0.29) is 30.2 Å². The Morgan fingerprint density at radius 1 is 1.34 bits per heavy atom. The molecule has 180 valence electrons. The van der Waals surface area contributed by atoms with Crippen molar-refractivity contribution in [3.63, 3.8) is 0 Å². The Labute approximate surface area is 195 Å². The summed E-state index contributed by atoms with van der Waals surface area (Å²) in [5.74, 6) is -1.20. The first-order chi connectivity index (χ1) is 14.7. The van der Waals surface area contributed by atoms with Gasteiger partial charge in [-0.15, -0.1) is 0 Å². The van der Waals surface area contributed by atoms with Gasteiger partial charge < -0.3 is 15.2 Å². The van der Waals surface area contributed by atoms with E-state index in [2.05, 4.69) is 36.1 Å². The summed E-state index contributed by atoms with van der Waals surface area (Å²) in [4.78, 5) is 38.7. The number of aromatic nitrogens is 1. The van der Waals surface area contributed by atoms with Crippen molar-refractivity contribution in [2.75, 3.05) is 13.6 Å². The number of carboxylic acid groups (broad SMARTS) is 1. The van der Waals surface area contributed by atoms with Crippen LogP contribution in [0, 0.1) is 5.92 Å². The number of amides is 1. The second kappa shape index (κ2) is 12.2. The van der Waals surface area contributed by atoms with Gasteiger partial charge in [-0.1, -0.05) is 25.4 Å². The van der Waals surface area contributed by atoms with Gasteiger partial charge in [-0.2, -0.15) is 0 Å². The summed E-state index contributed by atoms with van der Waals surface area (Å²) >= 11 is 6.23. The number of halogens is 1. The van der Waals surface area contributed by atoms with Gasteiger partial charge in [-0.05, 0) is 71.7 Å². The van der Waals surface area contributed by atoms with Gasteiger partial charge in [0.25, 0.3) is 0 Å². The molecule has 0 saturated carbocycles. The van der Waals surface area contributed by atoms with Crippen molar-refractivity contribution in [1.82, 2.24) is 15.2 Å². The molecule has 1 aromatic heterocycles. The number of likely N-dealkylation sites (tertiary alicyclic amines) is 1. The van der Waals surface area contributed by atoms with Gasteiger partial charge in [0.1, 0.15) is 17.8 Å². The van der Waals surface area contributed by atoms with E-state index < -0.39 is 17.7 Å². The molecular formula is C23H36ClN3O5. The third-order valence-electron chi connectivity index (χ3n) is 4.83. The molecule has 1 amide bonds. The summed E-state index contributed by atoms with van der Waals surface area (Å²) in [6.45, 7) is 12.0. The normalized spacial score (nSPS) is 17.3. The molecule has 1 aliphatic rings. The lowest BCUT2D eigenvalue weighted by atomic mass is 9.93. The van der Waals surface area contributed by atoms with Crippen LogP contribution in [0.15, 0.2) is 12.3 Å². The molecule has 0 bridgehead atoms. The lowest BCUT2D eigenvalue weighted by molar-refractivity contribution is -0.139. The average molecular weight is 470 g/mol. The molecule has 8 nitrogen and oxygen atoms in total. The Hall–Kier alpha value is -2.19. The quantitative estimate of drug-likeness (QED) is 0.577. The summed E-state index contributed by atoms with van der Waals surface area (Å²) in [5.41, 5.74) is 1.44. The molecule has 1 aromatic rings. The topological polar surface area (TPSA) is 109 Å². The first kappa shape index (κ1) is 27.8. The van der Waals surface area contributed by atoms with Crippen molar-refractivity contribution >= 4 is 29.4 Å². The van der Waals surface area contributed by atoms with E-state index in [0.717, 1.165) is 30.6 Å². The molecular weight excluding hydrogens is 434 g/mol. The molecule has 2 atom stereocenters. The molecule has 0 spiro atoms. The monoisotopic (exact) mass is 469 g/mol. The number of nitrogens with zero attached hydrogens (tertiary/aromatic N) is 2. The Balaban J connectivity index is 0.000000633. The van der Waals surface area contributed by atoms with E-state index in [4.69, 9.17) is 21.4 Å². The average Bonchev–Trinajstić information content (AvgIpc) is 3.03. The standard InChI is InChI=1S/C19H30ClN3O2.C4H6O3/c1-12(2)16(22-18(24)25-19(3,4)5)17-14(10-13(20)11-21-17)15-8-7-9-23(15)6;1-3(5)2-4(6)7/h10-12,15-16H,7-9H2,1-6H3,(H,22,24);2H2,1H3,(H,6,7)/t15-,16?;/m0./s1. The number of carbonyl (C=O) groups is 3. The number of hydrogen-bond acceptors (Lipinski definition) is 6. The van der Waals surface area contributed by atoms with Crippen LogP contribution in [0.1, 0.15) is 84.1 Å². The molecule has 2 rings (SSSR count). The molecule has 32 heavy (non-hydrogen) atoms. The van der Waals surface area contributed by atoms with Gasteiger partial charge in [0.15, 0.2) is 0 Å². The molecule has 1 saturated heterocycles. The van der Waals surface area contributed by atoms with Crippen LogP contribution in [0.3, 0.4) is 0 Å². The number of carboxylic acids is 1. The number of rotatable bonds is 6. The summed E-state index contributed by atoms with van der Waals surface area (Å²) in [7, 11) is 2.12. The van der Waals surface area contributed by atoms with E-state index >= 15 is 0 Å². The molecule has 1 unspecified atom stereocenters.